The third-order valence-electron chi connectivity index (χ3n) is 5.95. The van der Waals surface area contributed by atoms with Crippen LogP contribution < -0.4 is 10.9 Å². The van der Waals surface area contributed by atoms with Gasteiger partial charge in [0.25, 0.3) is 11.5 Å². The molecule has 0 radical (unpaired) electrons. The zero-order valence-electron chi connectivity index (χ0n) is 20.1. The second kappa shape index (κ2) is 10.6. The van der Waals surface area contributed by atoms with Crippen LogP contribution in [0.1, 0.15) is 27.2 Å². The summed E-state index contributed by atoms with van der Waals surface area (Å²) in [4.78, 5) is 40.7. The van der Waals surface area contributed by atoms with E-state index in [4.69, 9.17) is 0 Å². The quantitative estimate of drug-likeness (QED) is 0.306. The third-order valence-corrected chi connectivity index (χ3v) is 5.95. The normalized spacial score (nSPS) is 12.8. The van der Waals surface area contributed by atoms with Crippen molar-refractivity contribution in [1.82, 2.24) is 14.9 Å². The number of nitrogens with one attached hydrogen (secondary N) is 1. The fourth-order valence-electron chi connectivity index (χ4n) is 4.14. The summed E-state index contributed by atoms with van der Waals surface area (Å²) in [5, 5.41) is 11.5. The Kier molecular flexibility index (Phi) is 7.56. The molecule has 1 amide bonds. The maximum atomic E-state index is 14.0. The maximum Gasteiger partial charge on any atom is 0.431 e. The Labute approximate surface area is 223 Å². The van der Waals surface area contributed by atoms with Crippen LogP contribution in [-0.4, -0.2) is 32.6 Å². The molecule has 7 nitrogen and oxygen atoms in total. The summed E-state index contributed by atoms with van der Waals surface area (Å²) in [5.41, 5.74) is -6.41. The summed E-state index contributed by atoms with van der Waals surface area (Å²) in [6, 6.07) is 5.55. The molecule has 4 rings (SSSR count). The molecule has 41 heavy (non-hydrogen) atoms. The lowest BCUT2D eigenvalue weighted by Gasteiger charge is -2.19. The van der Waals surface area contributed by atoms with Crippen LogP contribution in [0.3, 0.4) is 0 Å². The van der Waals surface area contributed by atoms with Crippen LogP contribution in [0.4, 0.5) is 35.1 Å². The molecule has 0 aliphatic heterocycles. The molecular formula is C26H15F8N3O4. The largest absolute Gasteiger partial charge is 0.480 e. The van der Waals surface area contributed by atoms with Gasteiger partial charge in [0.05, 0.1) is 5.56 Å². The number of pyridine rings is 2. The maximum absolute atomic E-state index is 14.0. The van der Waals surface area contributed by atoms with Crippen molar-refractivity contribution in [3.05, 3.63) is 105 Å². The standard InChI is InChI=1S/C26H15F8N3O4/c27-16-5-2-6-17(28)21(16)23(39)36-18(24(40)41)9-12-3-1-4-15-14(12)7-8-35-22(15)37-19(26(32,33)34)10-13(11-20(37)38)25(29,30)31/h1-8,10-11,18H,9H2,(H,36,39)(H,40,41)/t18-/m0/s1. The number of aromatic nitrogens is 2. The Morgan fingerprint density at radius 3 is 2.12 bits per heavy atom. The average molecular weight is 585 g/mol. The van der Waals surface area contributed by atoms with Crippen LogP contribution in [0.2, 0.25) is 0 Å². The Morgan fingerprint density at radius 2 is 1.54 bits per heavy atom. The second-order valence-electron chi connectivity index (χ2n) is 8.61. The summed E-state index contributed by atoms with van der Waals surface area (Å²) in [6.45, 7) is 0. The molecule has 15 heteroatoms. The molecule has 2 N–H and O–H groups in total. The van der Waals surface area contributed by atoms with Gasteiger partial charge in [-0.15, -0.1) is 0 Å². The van der Waals surface area contributed by atoms with Gasteiger partial charge in [0.2, 0.25) is 0 Å². The second-order valence-corrected chi connectivity index (χ2v) is 8.61. The summed E-state index contributed by atoms with van der Waals surface area (Å²) < 4.78 is 109. The fourth-order valence-corrected chi connectivity index (χ4v) is 4.14. The minimum atomic E-state index is -5.41. The molecule has 1 atom stereocenters. The summed E-state index contributed by atoms with van der Waals surface area (Å²) in [7, 11) is 0. The first-order valence-corrected chi connectivity index (χ1v) is 11.4. The van der Waals surface area contributed by atoms with Crippen LogP contribution in [0.15, 0.2) is 65.6 Å². The van der Waals surface area contributed by atoms with E-state index < -0.39 is 76.5 Å². The number of nitrogens with zero attached hydrogens (tertiary/aromatic N) is 2. The van der Waals surface area contributed by atoms with E-state index in [1.165, 1.54) is 24.3 Å². The minimum Gasteiger partial charge on any atom is -0.480 e. The van der Waals surface area contributed by atoms with Gasteiger partial charge in [0, 0.05) is 24.1 Å². The van der Waals surface area contributed by atoms with Crippen LogP contribution in [0.25, 0.3) is 16.6 Å². The number of carbonyl (C=O) groups excluding carboxylic acids is 1. The lowest BCUT2D eigenvalue weighted by Crippen LogP contribution is -2.43. The lowest BCUT2D eigenvalue weighted by molar-refractivity contribution is -0.147. The zero-order chi connectivity index (χ0) is 30.3. The van der Waals surface area contributed by atoms with E-state index in [0.29, 0.717) is 0 Å². The van der Waals surface area contributed by atoms with E-state index in [1.807, 2.05) is 5.32 Å². The zero-order valence-corrected chi connectivity index (χ0v) is 20.1. The van der Waals surface area contributed by atoms with Gasteiger partial charge >= 0.3 is 18.3 Å². The number of hydrogen-bond acceptors (Lipinski definition) is 4. The lowest BCUT2D eigenvalue weighted by atomic mass is 9.99. The van der Waals surface area contributed by atoms with Gasteiger partial charge in [0.15, 0.2) is 0 Å². The number of fused-ring (bicyclic) bond motifs is 1. The predicted molar refractivity (Wildman–Crippen MR) is 126 cm³/mol. The number of halogens is 8. The smallest absolute Gasteiger partial charge is 0.431 e. The molecule has 0 aliphatic carbocycles. The monoisotopic (exact) mass is 585 g/mol. The van der Waals surface area contributed by atoms with Crippen molar-refractivity contribution in [1.29, 1.82) is 0 Å². The molecule has 0 aliphatic rings. The number of amides is 1. The molecule has 0 fully saturated rings. The van der Waals surface area contributed by atoms with Gasteiger partial charge in [-0.25, -0.2) is 18.6 Å². The number of carboxylic acid groups (broad SMARTS) is 1. The van der Waals surface area contributed by atoms with E-state index in [2.05, 4.69) is 4.98 Å². The van der Waals surface area contributed by atoms with Crippen molar-refractivity contribution >= 4 is 22.6 Å². The number of hydrogen-bond donors (Lipinski definition) is 2. The summed E-state index contributed by atoms with van der Waals surface area (Å²) >= 11 is 0. The van der Waals surface area contributed by atoms with Crippen LogP contribution in [0.5, 0.6) is 0 Å². The summed E-state index contributed by atoms with van der Waals surface area (Å²) in [6.07, 6.45) is -10.3. The molecule has 4 aromatic rings. The van der Waals surface area contributed by atoms with Crippen LogP contribution in [0, 0.1) is 11.6 Å². The van der Waals surface area contributed by atoms with Crippen molar-refractivity contribution in [3.63, 3.8) is 0 Å². The van der Waals surface area contributed by atoms with Crippen molar-refractivity contribution in [2.45, 2.75) is 24.8 Å². The molecular weight excluding hydrogens is 570 g/mol. The Bertz CT molecular complexity index is 1710. The third kappa shape index (κ3) is 5.88. The van der Waals surface area contributed by atoms with E-state index in [0.717, 1.165) is 24.4 Å². The molecule has 0 saturated carbocycles. The van der Waals surface area contributed by atoms with Crippen molar-refractivity contribution in [3.8, 4) is 5.82 Å². The summed E-state index contributed by atoms with van der Waals surface area (Å²) in [5.74, 6) is -6.22. The van der Waals surface area contributed by atoms with E-state index in [9.17, 15) is 54.6 Å². The molecule has 0 saturated heterocycles. The molecule has 2 aromatic carbocycles. The molecule has 0 bridgehead atoms. The van der Waals surface area contributed by atoms with Gasteiger partial charge in [0.1, 0.15) is 34.8 Å². The predicted octanol–water partition coefficient (Wildman–Crippen LogP) is 5.13. The first kappa shape index (κ1) is 29.2. The number of benzene rings is 2. The number of alkyl halides is 6. The van der Waals surface area contributed by atoms with Gasteiger partial charge in [-0.3, -0.25) is 14.2 Å². The molecule has 2 heterocycles. The number of carboxylic acids is 1. The molecule has 0 spiro atoms. The Hall–Kier alpha value is -4.82. The van der Waals surface area contributed by atoms with E-state index >= 15 is 0 Å². The van der Waals surface area contributed by atoms with Crippen LogP contribution >= 0.6 is 0 Å². The van der Waals surface area contributed by atoms with Gasteiger partial charge in [-0.05, 0) is 35.2 Å². The Morgan fingerprint density at radius 1 is 0.902 bits per heavy atom. The molecule has 2 aromatic heterocycles. The topological polar surface area (TPSA) is 101 Å². The van der Waals surface area contributed by atoms with Crippen molar-refractivity contribution in [2.24, 2.45) is 0 Å². The van der Waals surface area contributed by atoms with Gasteiger partial charge in [-0.1, -0.05) is 24.3 Å². The van der Waals surface area contributed by atoms with Gasteiger partial charge < -0.3 is 10.4 Å². The van der Waals surface area contributed by atoms with Crippen molar-refractivity contribution < 1.29 is 49.8 Å². The highest BCUT2D eigenvalue weighted by atomic mass is 19.4. The SMILES string of the molecule is O=C(N[C@@H](Cc1cccc2c(-n3c(C(F)(F)F)cc(C(F)(F)F)cc3=O)nccc12)C(=O)O)c1c(F)cccc1F. The molecule has 214 valence electrons. The average Bonchev–Trinajstić information content (AvgIpc) is 2.86. The number of rotatable bonds is 6. The van der Waals surface area contributed by atoms with Crippen LogP contribution in [-0.2, 0) is 23.6 Å². The highest BCUT2D eigenvalue weighted by Crippen LogP contribution is 2.36. The highest BCUT2D eigenvalue weighted by molar-refractivity contribution is 5.97. The van der Waals surface area contributed by atoms with Crippen molar-refractivity contribution in [2.75, 3.05) is 0 Å². The van der Waals surface area contributed by atoms with E-state index in [-0.39, 0.29) is 33.0 Å². The Balaban J connectivity index is 1.81. The fraction of sp³-hybridized carbons (Fsp3) is 0.154. The molecule has 0 unspecified atom stereocenters. The first-order valence-electron chi connectivity index (χ1n) is 11.4. The number of carbonyl (C=O) groups is 2. The van der Waals surface area contributed by atoms with Gasteiger partial charge in [-0.2, -0.15) is 26.3 Å². The number of aliphatic carboxylic acids is 1. The first-order chi connectivity index (χ1) is 19.1. The highest BCUT2D eigenvalue weighted by Gasteiger charge is 2.40. The minimum absolute atomic E-state index is 0.0164. The van der Waals surface area contributed by atoms with E-state index in [1.54, 1.807) is 0 Å².